The second kappa shape index (κ2) is 5.24. The van der Waals surface area contributed by atoms with Crippen LogP contribution < -0.4 is 5.32 Å². The van der Waals surface area contributed by atoms with Crippen molar-refractivity contribution in [2.24, 2.45) is 0 Å². The molecule has 1 aliphatic rings. The molecule has 1 fully saturated rings. The number of ether oxygens (including phenoxy) is 1. The third-order valence-electron chi connectivity index (χ3n) is 2.53. The highest BCUT2D eigenvalue weighted by Crippen LogP contribution is 2.37. The van der Waals surface area contributed by atoms with Crippen molar-refractivity contribution in [2.45, 2.75) is 24.9 Å². The lowest BCUT2D eigenvalue weighted by molar-refractivity contribution is 0.0607. The van der Waals surface area contributed by atoms with Crippen LogP contribution in [0.5, 0.6) is 0 Å². The van der Waals surface area contributed by atoms with Crippen molar-refractivity contribution in [2.75, 3.05) is 20.3 Å². The van der Waals surface area contributed by atoms with E-state index in [1.54, 1.807) is 0 Å². The summed E-state index contributed by atoms with van der Waals surface area (Å²) in [5.74, 6) is 0.940. The number of nitrogens with zero attached hydrogens (tertiary/aromatic N) is 2. The van der Waals surface area contributed by atoms with Crippen LogP contribution in [0.1, 0.15) is 35.2 Å². The molecule has 7 heteroatoms. The molecule has 3 N–H and O–H groups in total. The van der Waals surface area contributed by atoms with Gasteiger partial charge in [0.25, 0.3) is 5.91 Å². The van der Waals surface area contributed by atoms with Crippen LogP contribution in [0.25, 0.3) is 0 Å². The van der Waals surface area contributed by atoms with E-state index in [2.05, 4.69) is 20.5 Å². The monoisotopic (exact) mass is 240 g/mol. The molecule has 0 spiro atoms. The van der Waals surface area contributed by atoms with Gasteiger partial charge in [-0.2, -0.15) is 0 Å². The molecule has 94 valence electrons. The molecule has 0 bridgehead atoms. The van der Waals surface area contributed by atoms with Crippen molar-refractivity contribution in [3.05, 3.63) is 11.6 Å². The molecule has 1 heterocycles. The van der Waals surface area contributed by atoms with Crippen LogP contribution in [0.4, 0.5) is 0 Å². The van der Waals surface area contributed by atoms with Gasteiger partial charge in [0.2, 0.25) is 5.82 Å². The fourth-order valence-electron chi connectivity index (χ4n) is 1.46. The zero-order valence-electron chi connectivity index (χ0n) is 9.64. The number of rotatable bonds is 6. The summed E-state index contributed by atoms with van der Waals surface area (Å²) in [6, 6.07) is 0. The van der Waals surface area contributed by atoms with Gasteiger partial charge < -0.3 is 15.2 Å². The highest BCUT2D eigenvalue weighted by molar-refractivity contribution is 5.90. The van der Waals surface area contributed by atoms with Gasteiger partial charge in [-0.3, -0.25) is 9.89 Å². The molecular formula is C10H16N4O3. The van der Waals surface area contributed by atoms with E-state index in [9.17, 15) is 9.90 Å². The average Bonchev–Trinajstić information content (AvgIpc) is 3.05. The average molecular weight is 240 g/mol. The topological polar surface area (TPSA) is 100 Å². The van der Waals surface area contributed by atoms with Gasteiger partial charge in [-0.05, 0) is 12.8 Å². The second-order valence-corrected chi connectivity index (χ2v) is 4.14. The maximum absolute atomic E-state index is 11.6. The summed E-state index contributed by atoms with van der Waals surface area (Å²) in [4.78, 5) is 15.7. The molecule has 7 nitrogen and oxygen atoms in total. The number of carbonyl (C=O) groups excluding carboxylic acids is 1. The van der Waals surface area contributed by atoms with Crippen molar-refractivity contribution in [1.29, 1.82) is 0 Å². The lowest BCUT2D eigenvalue weighted by Gasteiger charge is -2.09. The fourth-order valence-corrected chi connectivity index (χ4v) is 1.46. The zero-order chi connectivity index (χ0) is 12.3. The van der Waals surface area contributed by atoms with E-state index in [4.69, 9.17) is 4.74 Å². The lowest BCUT2D eigenvalue weighted by Crippen LogP contribution is -2.34. The van der Waals surface area contributed by atoms with Gasteiger partial charge in [-0.15, -0.1) is 5.10 Å². The molecule has 2 rings (SSSR count). The third-order valence-corrected chi connectivity index (χ3v) is 2.53. The quantitative estimate of drug-likeness (QED) is 0.617. The summed E-state index contributed by atoms with van der Waals surface area (Å²) in [5.41, 5.74) is 0. The predicted octanol–water partition coefficient (Wildman–Crippen LogP) is -0.581. The maximum atomic E-state index is 11.6. The number of H-pyrrole nitrogens is 1. The Morgan fingerprint density at radius 1 is 1.71 bits per heavy atom. The van der Waals surface area contributed by atoms with Crippen LogP contribution in [-0.4, -0.2) is 52.6 Å². The number of aromatic amines is 1. The first-order chi connectivity index (χ1) is 8.20. The molecule has 1 atom stereocenters. The van der Waals surface area contributed by atoms with Gasteiger partial charge in [0.15, 0.2) is 0 Å². The maximum Gasteiger partial charge on any atom is 0.291 e. The van der Waals surface area contributed by atoms with Crippen molar-refractivity contribution in [3.8, 4) is 0 Å². The van der Waals surface area contributed by atoms with Gasteiger partial charge in [0.1, 0.15) is 5.82 Å². The molecule has 17 heavy (non-hydrogen) atoms. The van der Waals surface area contributed by atoms with E-state index in [0.717, 1.165) is 18.7 Å². The Morgan fingerprint density at radius 2 is 2.47 bits per heavy atom. The molecule has 1 unspecified atom stereocenters. The number of hydrogen-bond donors (Lipinski definition) is 3. The third kappa shape index (κ3) is 3.24. The molecule has 0 saturated heterocycles. The number of aromatic nitrogens is 3. The van der Waals surface area contributed by atoms with Crippen molar-refractivity contribution in [1.82, 2.24) is 20.5 Å². The van der Waals surface area contributed by atoms with Crippen LogP contribution in [0.15, 0.2) is 0 Å². The van der Waals surface area contributed by atoms with Crippen LogP contribution in [0.2, 0.25) is 0 Å². The summed E-state index contributed by atoms with van der Waals surface area (Å²) in [7, 11) is 1.49. The van der Waals surface area contributed by atoms with Crippen LogP contribution in [0, 0.1) is 0 Å². The van der Waals surface area contributed by atoms with E-state index < -0.39 is 6.10 Å². The SMILES string of the molecule is COCC(O)CNC(=O)c1n[nH]c(C2CC2)n1. The molecule has 0 radical (unpaired) electrons. The van der Waals surface area contributed by atoms with Crippen molar-refractivity contribution < 1.29 is 14.6 Å². The second-order valence-electron chi connectivity index (χ2n) is 4.14. The molecule has 1 amide bonds. The van der Waals surface area contributed by atoms with Crippen molar-refractivity contribution in [3.63, 3.8) is 0 Å². The first kappa shape index (κ1) is 12.0. The number of amides is 1. The normalized spacial score (nSPS) is 16.8. The van der Waals surface area contributed by atoms with E-state index >= 15 is 0 Å². The van der Waals surface area contributed by atoms with E-state index in [0.29, 0.717) is 5.92 Å². The molecule has 1 saturated carbocycles. The number of hydrogen-bond acceptors (Lipinski definition) is 5. The molecule has 1 aliphatic carbocycles. The molecule has 1 aromatic rings. The summed E-state index contributed by atoms with van der Waals surface area (Å²) >= 11 is 0. The van der Waals surface area contributed by atoms with Crippen LogP contribution in [-0.2, 0) is 4.74 Å². The lowest BCUT2D eigenvalue weighted by atomic mass is 10.3. The van der Waals surface area contributed by atoms with Gasteiger partial charge in [0.05, 0.1) is 12.7 Å². The van der Waals surface area contributed by atoms with Crippen LogP contribution >= 0.6 is 0 Å². The fraction of sp³-hybridized carbons (Fsp3) is 0.700. The Kier molecular flexibility index (Phi) is 3.70. The van der Waals surface area contributed by atoms with Gasteiger partial charge >= 0.3 is 0 Å². The van der Waals surface area contributed by atoms with Gasteiger partial charge in [0, 0.05) is 19.6 Å². The smallest absolute Gasteiger partial charge is 0.291 e. The Balaban J connectivity index is 1.81. The Bertz CT molecular complexity index is 389. The van der Waals surface area contributed by atoms with Crippen LogP contribution in [0.3, 0.4) is 0 Å². The summed E-state index contributed by atoms with van der Waals surface area (Å²) in [6.07, 6.45) is 1.48. The predicted molar refractivity (Wildman–Crippen MR) is 58.6 cm³/mol. The Morgan fingerprint density at radius 3 is 3.12 bits per heavy atom. The standard InChI is InChI=1S/C10H16N4O3/c1-17-5-7(15)4-11-10(16)9-12-8(13-14-9)6-2-3-6/h6-7,15H,2-5H2,1H3,(H,11,16)(H,12,13,14). The number of aliphatic hydroxyl groups excluding tert-OH is 1. The number of methoxy groups -OCH3 is 1. The van der Waals surface area contributed by atoms with E-state index in [1.807, 2.05) is 0 Å². The molecule has 0 aromatic carbocycles. The minimum absolute atomic E-state index is 0.122. The Hall–Kier alpha value is -1.47. The highest BCUT2D eigenvalue weighted by Gasteiger charge is 2.28. The number of nitrogens with one attached hydrogen (secondary N) is 2. The number of aliphatic hydroxyl groups is 1. The zero-order valence-corrected chi connectivity index (χ0v) is 9.64. The first-order valence-electron chi connectivity index (χ1n) is 5.58. The van der Waals surface area contributed by atoms with Crippen molar-refractivity contribution >= 4 is 5.91 Å². The molecule has 0 aliphatic heterocycles. The molecular weight excluding hydrogens is 224 g/mol. The minimum Gasteiger partial charge on any atom is -0.389 e. The van der Waals surface area contributed by atoms with Gasteiger partial charge in [-0.25, -0.2) is 4.98 Å². The summed E-state index contributed by atoms with van der Waals surface area (Å²) < 4.78 is 4.75. The summed E-state index contributed by atoms with van der Waals surface area (Å²) in [5, 5.41) is 18.5. The minimum atomic E-state index is -0.717. The largest absolute Gasteiger partial charge is 0.389 e. The first-order valence-corrected chi connectivity index (χ1v) is 5.58. The molecule has 1 aromatic heterocycles. The highest BCUT2D eigenvalue weighted by atomic mass is 16.5. The van der Waals surface area contributed by atoms with Gasteiger partial charge in [-0.1, -0.05) is 0 Å². The summed E-state index contributed by atoms with van der Waals surface area (Å²) in [6.45, 7) is 0.307. The number of carbonyl (C=O) groups is 1. The van der Waals surface area contributed by atoms with E-state index in [1.165, 1.54) is 7.11 Å². The Labute approximate surface area is 98.6 Å². The van der Waals surface area contributed by atoms with E-state index in [-0.39, 0.29) is 24.9 Å².